The highest BCUT2D eigenvalue weighted by atomic mass is 79.9. The molecule has 3 heteroatoms. The highest BCUT2D eigenvalue weighted by Gasteiger charge is 2.20. The van der Waals surface area contributed by atoms with Gasteiger partial charge in [0.1, 0.15) is 0 Å². The van der Waals surface area contributed by atoms with Gasteiger partial charge in [0.15, 0.2) is 5.78 Å². The van der Waals surface area contributed by atoms with Gasteiger partial charge in [-0.1, -0.05) is 54.2 Å². The Kier molecular flexibility index (Phi) is 6.21. The first-order valence-corrected chi connectivity index (χ1v) is 7.26. The van der Waals surface area contributed by atoms with Crippen LogP contribution in [-0.4, -0.2) is 5.78 Å². The molecule has 0 aromatic heterocycles. The van der Waals surface area contributed by atoms with Gasteiger partial charge < -0.3 is 0 Å². The van der Waals surface area contributed by atoms with Crippen molar-refractivity contribution in [3.05, 3.63) is 33.3 Å². The van der Waals surface area contributed by atoms with Crippen molar-refractivity contribution in [2.45, 2.75) is 39.5 Å². The Morgan fingerprint density at radius 1 is 1.29 bits per heavy atom. The fourth-order valence-electron chi connectivity index (χ4n) is 2.01. The number of halogens is 2. The van der Waals surface area contributed by atoms with E-state index in [-0.39, 0.29) is 11.7 Å². The maximum atomic E-state index is 12.4. The highest BCUT2D eigenvalue weighted by Crippen LogP contribution is 2.26. The lowest BCUT2D eigenvalue weighted by Gasteiger charge is -2.15. The third-order valence-electron chi connectivity index (χ3n) is 2.84. The van der Waals surface area contributed by atoms with Crippen LogP contribution in [0.4, 0.5) is 0 Å². The summed E-state index contributed by atoms with van der Waals surface area (Å²) in [6.45, 7) is 4.22. The van der Waals surface area contributed by atoms with Crippen LogP contribution in [0.25, 0.3) is 0 Å². The first-order chi connectivity index (χ1) is 8.10. The van der Waals surface area contributed by atoms with Crippen LogP contribution >= 0.6 is 27.5 Å². The molecule has 0 radical (unpaired) electrons. The minimum absolute atomic E-state index is 0.115. The fourth-order valence-corrected chi connectivity index (χ4v) is 2.78. The van der Waals surface area contributed by atoms with Gasteiger partial charge in [0.2, 0.25) is 0 Å². The minimum Gasteiger partial charge on any atom is -0.294 e. The van der Waals surface area contributed by atoms with Gasteiger partial charge in [0.25, 0.3) is 0 Å². The summed E-state index contributed by atoms with van der Waals surface area (Å²) < 4.78 is 0.904. The highest BCUT2D eigenvalue weighted by molar-refractivity contribution is 9.10. The monoisotopic (exact) mass is 316 g/mol. The number of rotatable bonds is 6. The average Bonchev–Trinajstić information content (AvgIpc) is 2.28. The minimum atomic E-state index is 0.115. The second kappa shape index (κ2) is 7.17. The van der Waals surface area contributed by atoms with E-state index in [4.69, 9.17) is 11.6 Å². The molecule has 0 aliphatic rings. The van der Waals surface area contributed by atoms with Crippen molar-refractivity contribution >= 4 is 33.3 Å². The van der Waals surface area contributed by atoms with Gasteiger partial charge in [-0.2, -0.15) is 0 Å². The fraction of sp³-hybridized carbons (Fsp3) is 0.500. The molecule has 0 spiro atoms. The van der Waals surface area contributed by atoms with E-state index >= 15 is 0 Å². The van der Waals surface area contributed by atoms with Crippen molar-refractivity contribution in [3.63, 3.8) is 0 Å². The van der Waals surface area contributed by atoms with Crippen LogP contribution in [-0.2, 0) is 0 Å². The lowest BCUT2D eigenvalue weighted by atomic mass is 9.90. The van der Waals surface area contributed by atoms with Crippen LogP contribution in [0, 0.1) is 5.92 Å². The molecule has 0 amide bonds. The molecule has 0 aliphatic carbocycles. The van der Waals surface area contributed by atoms with E-state index in [1.54, 1.807) is 6.07 Å². The number of hydrogen-bond donors (Lipinski definition) is 0. The van der Waals surface area contributed by atoms with Crippen LogP contribution in [0.3, 0.4) is 0 Å². The summed E-state index contributed by atoms with van der Waals surface area (Å²) in [4.78, 5) is 12.4. The second-order valence-corrected chi connectivity index (χ2v) is 5.59. The molecule has 0 unspecified atom stereocenters. The van der Waals surface area contributed by atoms with E-state index in [9.17, 15) is 4.79 Å². The molecule has 1 aromatic carbocycles. The summed E-state index contributed by atoms with van der Waals surface area (Å²) in [7, 11) is 0. The Morgan fingerprint density at radius 3 is 2.35 bits per heavy atom. The number of hydrogen-bond acceptors (Lipinski definition) is 1. The molecule has 1 aromatic rings. The van der Waals surface area contributed by atoms with Crippen molar-refractivity contribution in [2.75, 3.05) is 0 Å². The second-order valence-electron chi connectivity index (χ2n) is 4.26. The molecule has 0 atom stereocenters. The number of carbonyl (C=O) groups is 1. The Morgan fingerprint density at radius 2 is 1.88 bits per heavy atom. The molecule has 17 heavy (non-hydrogen) atoms. The van der Waals surface area contributed by atoms with E-state index in [0.717, 1.165) is 30.2 Å². The summed E-state index contributed by atoms with van der Waals surface area (Å²) in [6.07, 6.45) is 3.95. The Balaban J connectivity index is 2.92. The number of carbonyl (C=O) groups excluding carboxylic acids is 1. The lowest BCUT2D eigenvalue weighted by molar-refractivity contribution is 0.0905. The molecule has 94 valence electrons. The summed E-state index contributed by atoms with van der Waals surface area (Å²) in [5.74, 6) is 0.301. The van der Waals surface area contributed by atoms with Gasteiger partial charge in [-0.25, -0.2) is 0 Å². The number of Topliss-reactive ketones (excluding diaryl/α,β-unsaturated/α-hetero) is 1. The van der Waals surface area contributed by atoms with E-state index in [2.05, 4.69) is 29.8 Å². The maximum Gasteiger partial charge on any atom is 0.167 e. The van der Waals surface area contributed by atoms with E-state index in [1.807, 2.05) is 12.1 Å². The van der Waals surface area contributed by atoms with Crippen LogP contribution in [0.5, 0.6) is 0 Å². The van der Waals surface area contributed by atoms with Gasteiger partial charge >= 0.3 is 0 Å². The zero-order valence-electron chi connectivity index (χ0n) is 10.3. The van der Waals surface area contributed by atoms with Crippen LogP contribution < -0.4 is 0 Å². The zero-order valence-corrected chi connectivity index (χ0v) is 12.6. The van der Waals surface area contributed by atoms with E-state index in [1.165, 1.54) is 0 Å². The normalized spacial score (nSPS) is 10.9. The first-order valence-electron chi connectivity index (χ1n) is 6.09. The van der Waals surface area contributed by atoms with Crippen LogP contribution in [0.15, 0.2) is 22.7 Å². The molecule has 1 rings (SSSR count). The molecule has 1 nitrogen and oxygen atoms in total. The Hall–Kier alpha value is -0.340. The standard InChI is InChI=1S/C14H18BrClO/c1-3-5-10(6-4-2)14(17)12-8-7-11(15)9-13(12)16/h7-10H,3-6H2,1-2H3. The molecule has 0 saturated carbocycles. The lowest BCUT2D eigenvalue weighted by Crippen LogP contribution is -2.15. The molecule has 0 aliphatic heterocycles. The molecule has 0 heterocycles. The summed E-state index contributed by atoms with van der Waals surface area (Å²) >= 11 is 9.47. The molecular formula is C14H18BrClO. The topological polar surface area (TPSA) is 17.1 Å². The van der Waals surface area contributed by atoms with Crippen molar-refractivity contribution in [1.29, 1.82) is 0 Å². The van der Waals surface area contributed by atoms with Crippen molar-refractivity contribution in [1.82, 2.24) is 0 Å². The predicted octanol–water partition coefficient (Wildman–Crippen LogP) is 5.50. The van der Waals surface area contributed by atoms with Crippen molar-refractivity contribution in [3.8, 4) is 0 Å². The molecule has 0 saturated heterocycles. The van der Waals surface area contributed by atoms with E-state index in [0.29, 0.717) is 10.6 Å². The number of benzene rings is 1. The van der Waals surface area contributed by atoms with Gasteiger partial charge in [0.05, 0.1) is 5.02 Å². The zero-order chi connectivity index (χ0) is 12.8. The van der Waals surface area contributed by atoms with Gasteiger partial charge in [-0.15, -0.1) is 0 Å². The Labute approximate surface area is 117 Å². The summed E-state index contributed by atoms with van der Waals surface area (Å²) in [6, 6.07) is 5.46. The third kappa shape index (κ3) is 4.11. The van der Waals surface area contributed by atoms with Crippen molar-refractivity contribution < 1.29 is 4.79 Å². The van der Waals surface area contributed by atoms with Crippen LogP contribution in [0.1, 0.15) is 49.9 Å². The third-order valence-corrected chi connectivity index (χ3v) is 3.65. The van der Waals surface area contributed by atoms with E-state index < -0.39 is 0 Å². The molecule has 0 fully saturated rings. The molecule has 0 N–H and O–H groups in total. The molecule has 0 bridgehead atoms. The van der Waals surface area contributed by atoms with Crippen molar-refractivity contribution in [2.24, 2.45) is 5.92 Å². The smallest absolute Gasteiger partial charge is 0.167 e. The van der Waals surface area contributed by atoms with Crippen LogP contribution in [0.2, 0.25) is 5.02 Å². The van der Waals surface area contributed by atoms with Gasteiger partial charge in [-0.3, -0.25) is 4.79 Å². The first kappa shape index (κ1) is 14.7. The van der Waals surface area contributed by atoms with Gasteiger partial charge in [-0.05, 0) is 31.0 Å². The quantitative estimate of drug-likeness (QED) is 0.633. The maximum absolute atomic E-state index is 12.4. The molecular weight excluding hydrogens is 300 g/mol. The number of ketones is 1. The SMILES string of the molecule is CCCC(CCC)C(=O)c1ccc(Br)cc1Cl. The summed E-state index contributed by atoms with van der Waals surface area (Å²) in [5, 5.41) is 0.543. The average molecular weight is 318 g/mol. The largest absolute Gasteiger partial charge is 0.294 e. The Bertz CT molecular complexity index is 384. The van der Waals surface area contributed by atoms with Gasteiger partial charge in [0, 0.05) is 16.0 Å². The predicted molar refractivity (Wildman–Crippen MR) is 76.8 cm³/mol. The summed E-state index contributed by atoms with van der Waals surface area (Å²) in [5.41, 5.74) is 0.654.